The van der Waals surface area contributed by atoms with Crippen molar-refractivity contribution in [3.8, 4) is 0 Å². The Kier molecular flexibility index (Phi) is 6.10. The fourth-order valence-corrected chi connectivity index (χ4v) is 5.57. The molecule has 0 bridgehead atoms. The largest absolute Gasteiger partial charge is 0.282 e. The number of hydrogen-bond acceptors (Lipinski definition) is 3. The molecule has 0 spiro atoms. The minimum atomic E-state index is -0.00678. The second kappa shape index (κ2) is 9.84. The van der Waals surface area contributed by atoms with Crippen molar-refractivity contribution >= 4 is 50.5 Å². The van der Waals surface area contributed by atoms with Gasteiger partial charge in [0.1, 0.15) is 0 Å². The summed E-state index contributed by atoms with van der Waals surface area (Å²) in [6.07, 6.45) is 2.06. The number of carbonyl (C=O) groups excluding carboxylic acids is 1. The van der Waals surface area contributed by atoms with Gasteiger partial charge in [0.25, 0.3) is 5.91 Å². The third-order valence-corrected chi connectivity index (χ3v) is 7.44. The molecule has 4 heteroatoms. The summed E-state index contributed by atoms with van der Waals surface area (Å²) in [5.41, 5.74) is 3.27. The van der Waals surface area contributed by atoms with E-state index in [4.69, 9.17) is 4.99 Å². The number of hydrogen-bond donors (Lipinski definition) is 0. The molecule has 174 valence electrons. The first-order valence-corrected chi connectivity index (χ1v) is 12.8. The Morgan fingerprint density at radius 1 is 0.694 bits per heavy atom. The van der Waals surface area contributed by atoms with E-state index in [2.05, 4.69) is 72.8 Å². The summed E-state index contributed by atoms with van der Waals surface area (Å²) < 4.78 is 0. The molecule has 0 N–H and O–H groups in total. The number of carbonyl (C=O) groups is 1. The van der Waals surface area contributed by atoms with E-state index < -0.39 is 0 Å². The van der Waals surface area contributed by atoms with Crippen LogP contribution in [0.2, 0.25) is 0 Å². The van der Waals surface area contributed by atoms with E-state index in [1.165, 1.54) is 11.8 Å². The van der Waals surface area contributed by atoms with Crippen molar-refractivity contribution in [2.75, 3.05) is 0 Å². The quantitative estimate of drug-likeness (QED) is 0.189. The molecule has 5 aromatic rings. The van der Waals surface area contributed by atoms with E-state index in [1.54, 1.807) is 0 Å². The molecule has 0 saturated carbocycles. The van der Waals surface area contributed by atoms with E-state index in [-0.39, 0.29) is 5.91 Å². The molecule has 1 fully saturated rings. The smallest absolute Gasteiger partial charge is 0.267 e. The molecule has 0 atom stereocenters. The van der Waals surface area contributed by atoms with Gasteiger partial charge in [-0.05, 0) is 62.1 Å². The van der Waals surface area contributed by atoms with Gasteiger partial charge in [-0.15, -0.1) is 0 Å². The standard InChI is InChI=1S/C32H24N2OS/c35-31-30(20-29-27-17-9-7-15-25(27)19-26-16-8-10-18-28(26)29)36-32(33-21-23-11-3-1-4-12-23)34(31)22-24-13-5-2-6-14-24/h1-20H,21-22H2/b30-20-,33-32?. The van der Waals surface area contributed by atoms with Gasteiger partial charge in [-0.25, -0.2) is 0 Å². The molecule has 3 nitrogen and oxygen atoms in total. The number of benzene rings is 5. The van der Waals surface area contributed by atoms with Crippen LogP contribution in [-0.2, 0) is 17.9 Å². The monoisotopic (exact) mass is 484 g/mol. The molecule has 1 saturated heterocycles. The van der Waals surface area contributed by atoms with Crippen LogP contribution in [0, 0.1) is 0 Å². The molecule has 1 aliphatic rings. The minimum Gasteiger partial charge on any atom is -0.282 e. The zero-order chi connectivity index (χ0) is 24.3. The number of amides is 1. The number of rotatable bonds is 5. The average molecular weight is 485 g/mol. The highest BCUT2D eigenvalue weighted by Crippen LogP contribution is 2.37. The molecule has 0 radical (unpaired) electrons. The number of nitrogens with zero attached hydrogens (tertiary/aromatic N) is 2. The Balaban J connectivity index is 1.44. The molecule has 5 aromatic carbocycles. The van der Waals surface area contributed by atoms with Crippen molar-refractivity contribution in [1.82, 2.24) is 4.90 Å². The van der Waals surface area contributed by atoms with Gasteiger partial charge in [0.05, 0.1) is 18.0 Å². The Morgan fingerprint density at radius 2 is 1.25 bits per heavy atom. The Labute approximate surface area is 214 Å². The summed E-state index contributed by atoms with van der Waals surface area (Å²) in [6.45, 7) is 1.03. The predicted molar refractivity (Wildman–Crippen MR) is 152 cm³/mol. The summed E-state index contributed by atoms with van der Waals surface area (Å²) >= 11 is 1.46. The van der Waals surface area contributed by atoms with Crippen molar-refractivity contribution in [3.63, 3.8) is 0 Å². The highest BCUT2D eigenvalue weighted by molar-refractivity contribution is 8.18. The number of aliphatic imine (C=N–C) groups is 1. The van der Waals surface area contributed by atoms with Crippen LogP contribution in [0.3, 0.4) is 0 Å². The second-order valence-electron chi connectivity index (χ2n) is 8.80. The molecule has 1 heterocycles. The fraction of sp³-hybridized carbons (Fsp3) is 0.0625. The van der Waals surface area contributed by atoms with E-state index in [0.717, 1.165) is 43.4 Å². The van der Waals surface area contributed by atoms with Gasteiger partial charge in [-0.2, -0.15) is 0 Å². The first kappa shape index (κ1) is 22.3. The van der Waals surface area contributed by atoms with Gasteiger partial charge in [-0.3, -0.25) is 14.7 Å². The normalized spacial score (nSPS) is 16.0. The Hall–Kier alpha value is -4.15. The summed E-state index contributed by atoms with van der Waals surface area (Å²) in [7, 11) is 0. The maximum absolute atomic E-state index is 13.8. The van der Waals surface area contributed by atoms with E-state index in [9.17, 15) is 4.79 Å². The summed E-state index contributed by atoms with van der Waals surface area (Å²) in [4.78, 5) is 21.1. The van der Waals surface area contributed by atoms with Crippen molar-refractivity contribution in [3.05, 3.63) is 137 Å². The highest BCUT2D eigenvalue weighted by atomic mass is 32.2. The first-order valence-electron chi connectivity index (χ1n) is 12.0. The van der Waals surface area contributed by atoms with Crippen LogP contribution in [0.1, 0.15) is 16.7 Å². The molecule has 1 aliphatic heterocycles. The van der Waals surface area contributed by atoms with Gasteiger partial charge in [0, 0.05) is 0 Å². The molecule has 0 aromatic heterocycles. The lowest BCUT2D eigenvalue weighted by Gasteiger charge is -2.15. The van der Waals surface area contributed by atoms with Crippen LogP contribution >= 0.6 is 11.8 Å². The minimum absolute atomic E-state index is 0.00678. The maximum atomic E-state index is 13.8. The Bertz CT molecular complexity index is 1570. The lowest BCUT2D eigenvalue weighted by molar-refractivity contribution is -0.122. The second-order valence-corrected chi connectivity index (χ2v) is 9.81. The van der Waals surface area contributed by atoms with Gasteiger partial charge < -0.3 is 0 Å². The van der Waals surface area contributed by atoms with Crippen LogP contribution in [0.15, 0.2) is 125 Å². The summed E-state index contributed by atoms with van der Waals surface area (Å²) in [5, 5.41) is 5.35. The highest BCUT2D eigenvalue weighted by Gasteiger charge is 2.33. The molecule has 36 heavy (non-hydrogen) atoms. The van der Waals surface area contributed by atoms with Gasteiger partial charge in [0.2, 0.25) is 0 Å². The molecular weight excluding hydrogens is 460 g/mol. The molecule has 0 unspecified atom stereocenters. The first-order chi connectivity index (χ1) is 17.8. The summed E-state index contributed by atoms with van der Waals surface area (Å²) in [5.74, 6) is -0.00678. The lowest BCUT2D eigenvalue weighted by Crippen LogP contribution is -2.28. The molecule has 1 amide bonds. The van der Waals surface area contributed by atoms with Gasteiger partial charge in [-0.1, -0.05) is 109 Å². The molecular formula is C32H24N2OS. The van der Waals surface area contributed by atoms with Crippen LogP contribution in [0.25, 0.3) is 27.6 Å². The third kappa shape index (κ3) is 4.43. The van der Waals surface area contributed by atoms with Crippen molar-refractivity contribution in [1.29, 1.82) is 0 Å². The predicted octanol–water partition coefficient (Wildman–Crippen LogP) is 7.67. The zero-order valence-electron chi connectivity index (χ0n) is 19.7. The van der Waals surface area contributed by atoms with E-state index in [0.29, 0.717) is 18.0 Å². The summed E-state index contributed by atoms with van der Waals surface area (Å²) in [6, 6.07) is 39.2. The molecule has 6 rings (SSSR count). The number of fused-ring (bicyclic) bond motifs is 2. The van der Waals surface area contributed by atoms with Crippen LogP contribution in [0.5, 0.6) is 0 Å². The SMILES string of the molecule is O=C1/C(=C/c2c3ccccc3cc3ccccc23)SC(=NCc2ccccc2)N1Cc1ccccc1. The number of amidine groups is 1. The molecule has 0 aliphatic carbocycles. The zero-order valence-corrected chi connectivity index (χ0v) is 20.5. The van der Waals surface area contributed by atoms with Crippen molar-refractivity contribution in [2.45, 2.75) is 13.1 Å². The number of thioether (sulfide) groups is 1. The lowest BCUT2D eigenvalue weighted by atomic mass is 9.96. The topological polar surface area (TPSA) is 32.7 Å². The van der Waals surface area contributed by atoms with E-state index in [1.807, 2.05) is 53.4 Å². The van der Waals surface area contributed by atoms with Crippen LogP contribution in [-0.4, -0.2) is 16.0 Å². The fourth-order valence-electron chi connectivity index (χ4n) is 4.61. The van der Waals surface area contributed by atoms with Crippen molar-refractivity contribution < 1.29 is 4.79 Å². The maximum Gasteiger partial charge on any atom is 0.267 e. The van der Waals surface area contributed by atoms with Gasteiger partial charge in [0.15, 0.2) is 5.17 Å². The average Bonchev–Trinajstić information content (AvgIpc) is 3.22. The van der Waals surface area contributed by atoms with E-state index >= 15 is 0 Å². The van der Waals surface area contributed by atoms with Crippen LogP contribution in [0.4, 0.5) is 0 Å². The van der Waals surface area contributed by atoms with Crippen molar-refractivity contribution in [2.24, 2.45) is 4.99 Å². The third-order valence-electron chi connectivity index (χ3n) is 6.40. The Morgan fingerprint density at radius 3 is 1.89 bits per heavy atom. The van der Waals surface area contributed by atoms with Crippen LogP contribution < -0.4 is 0 Å². The van der Waals surface area contributed by atoms with Gasteiger partial charge >= 0.3 is 0 Å².